The molecular weight excluding hydrogens is 603 g/mol. The van der Waals surface area contributed by atoms with Crippen molar-refractivity contribution in [3.8, 4) is 0 Å². The van der Waals surface area contributed by atoms with Gasteiger partial charge in [0, 0.05) is 12.8 Å². The fourth-order valence-corrected chi connectivity index (χ4v) is 5.53. The number of hydrogen-bond acceptors (Lipinski definition) is 6. The fourth-order valence-electron chi connectivity index (χ4n) is 5.17. The largest absolute Gasteiger partial charge is 0.469 e. The van der Waals surface area contributed by atoms with Crippen LogP contribution >= 0.6 is 7.82 Å². The first-order valence-electron chi connectivity index (χ1n) is 18.6. The Kier molecular flexibility index (Phi) is 32.4. The Morgan fingerprint density at radius 1 is 0.565 bits per heavy atom. The van der Waals surface area contributed by atoms with E-state index >= 15 is 0 Å². The number of hydrogen-bond donors (Lipinski definition) is 2. The van der Waals surface area contributed by atoms with Crippen molar-refractivity contribution in [2.45, 2.75) is 187 Å². The van der Waals surface area contributed by atoms with Gasteiger partial charge in [0.05, 0.1) is 6.61 Å². The van der Waals surface area contributed by atoms with Crippen LogP contribution in [-0.4, -0.2) is 41.0 Å². The van der Waals surface area contributed by atoms with Crippen molar-refractivity contribution in [1.82, 2.24) is 0 Å². The zero-order chi connectivity index (χ0) is 34.0. The third kappa shape index (κ3) is 35.4. The third-order valence-electron chi connectivity index (χ3n) is 7.97. The number of phosphoric ester groups is 1. The molecule has 0 amide bonds. The van der Waals surface area contributed by atoms with Crippen LogP contribution in [0.15, 0.2) is 24.3 Å². The minimum Gasteiger partial charge on any atom is -0.462 e. The van der Waals surface area contributed by atoms with Crippen LogP contribution in [-0.2, 0) is 28.2 Å². The average Bonchev–Trinajstić information content (AvgIpc) is 3.02. The van der Waals surface area contributed by atoms with Gasteiger partial charge in [-0.1, -0.05) is 147 Å². The summed E-state index contributed by atoms with van der Waals surface area (Å²) in [5, 5.41) is 0. The van der Waals surface area contributed by atoms with Gasteiger partial charge in [0.25, 0.3) is 0 Å². The van der Waals surface area contributed by atoms with Crippen LogP contribution in [0.25, 0.3) is 0 Å². The van der Waals surface area contributed by atoms with Crippen molar-refractivity contribution in [1.29, 1.82) is 0 Å². The van der Waals surface area contributed by atoms with Gasteiger partial charge < -0.3 is 19.3 Å². The normalized spacial score (nSPS) is 12.7. The number of unbranched alkanes of at least 4 members (excludes halogenated alkanes) is 20. The highest BCUT2D eigenvalue weighted by Gasteiger charge is 2.22. The van der Waals surface area contributed by atoms with Gasteiger partial charge in [-0.3, -0.25) is 14.1 Å². The van der Waals surface area contributed by atoms with Gasteiger partial charge in [0.1, 0.15) is 6.61 Å². The van der Waals surface area contributed by atoms with Crippen LogP contribution in [0.3, 0.4) is 0 Å². The van der Waals surface area contributed by atoms with Gasteiger partial charge in [0.15, 0.2) is 6.10 Å². The van der Waals surface area contributed by atoms with Crippen LogP contribution in [0.5, 0.6) is 0 Å². The van der Waals surface area contributed by atoms with E-state index in [0.29, 0.717) is 6.42 Å². The van der Waals surface area contributed by atoms with E-state index in [-0.39, 0.29) is 19.4 Å². The van der Waals surface area contributed by atoms with Crippen LogP contribution in [0.1, 0.15) is 181 Å². The number of phosphoric acid groups is 1. The maximum absolute atomic E-state index is 12.3. The van der Waals surface area contributed by atoms with E-state index in [1.807, 2.05) is 0 Å². The van der Waals surface area contributed by atoms with Gasteiger partial charge in [-0.05, 0) is 44.9 Å². The summed E-state index contributed by atoms with van der Waals surface area (Å²) in [6, 6.07) is 0. The standard InChI is InChI=1S/C37H69O8P/c1-3-5-7-9-11-13-14-15-16-17-18-19-20-21-22-24-26-28-30-32-37(39)45-35(34-44-46(40,41)42)33-43-36(38)31-29-27-25-23-12-10-8-6-4-2/h11,13,15-16,35H,3-10,12,14,17-34H2,1-2H3,(H2,40,41,42)/b13-11+,16-15+/t35-/m1/s1. The number of esters is 2. The predicted octanol–water partition coefficient (Wildman–Crippen LogP) is 10.8. The Balaban J connectivity index is 3.91. The zero-order valence-electron chi connectivity index (χ0n) is 29.5. The molecule has 1 atom stereocenters. The molecule has 270 valence electrons. The summed E-state index contributed by atoms with van der Waals surface area (Å²) in [6.45, 7) is 3.62. The number of carbonyl (C=O) groups excluding carboxylic acids is 2. The van der Waals surface area contributed by atoms with Crippen LogP contribution in [0.2, 0.25) is 0 Å². The number of rotatable bonds is 34. The minimum atomic E-state index is -4.74. The highest BCUT2D eigenvalue weighted by molar-refractivity contribution is 7.46. The monoisotopic (exact) mass is 672 g/mol. The van der Waals surface area contributed by atoms with Gasteiger partial charge in [0.2, 0.25) is 0 Å². The number of allylic oxidation sites excluding steroid dienone is 4. The molecule has 46 heavy (non-hydrogen) atoms. The Hall–Kier alpha value is -1.47. The molecule has 2 N–H and O–H groups in total. The highest BCUT2D eigenvalue weighted by Crippen LogP contribution is 2.36. The molecule has 8 nitrogen and oxygen atoms in total. The minimum absolute atomic E-state index is 0.209. The molecular formula is C37H69O8P. The van der Waals surface area contributed by atoms with Gasteiger partial charge in [-0.2, -0.15) is 0 Å². The summed E-state index contributed by atoms with van der Waals surface area (Å²) in [7, 11) is -4.74. The Morgan fingerprint density at radius 2 is 0.978 bits per heavy atom. The molecule has 0 aliphatic carbocycles. The van der Waals surface area contributed by atoms with Crippen molar-refractivity contribution in [2.24, 2.45) is 0 Å². The fraction of sp³-hybridized carbons (Fsp3) is 0.838. The molecule has 0 heterocycles. The smallest absolute Gasteiger partial charge is 0.462 e. The second-order valence-corrected chi connectivity index (χ2v) is 13.8. The van der Waals surface area contributed by atoms with E-state index in [1.165, 1.54) is 96.3 Å². The molecule has 0 bridgehead atoms. The number of carbonyl (C=O) groups is 2. The second-order valence-electron chi connectivity index (χ2n) is 12.6. The van der Waals surface area contributed by atoms with Crippen molar-refractivity contribution in [3.63, 3.8) is 0 Å². The topological polar surface area (TPSA) is 119 Å². The Labute approximate surface area is 281 Å². The molecule has 0 spiro atoms. The maximum atomic E-state index is 12.3. The predicted molar refractivity (Wildman–Crippen MR) is 189 cm³/mol. The summed E-state index contributed by atoms with van der Waals surface area (Å²) in [6.07, 6.45) is 36.2. The third-order valence-corrected chi connectivity index (χ3v) is 8.46. The van der Waals surface area contributed by atoms with E-state index in [1.54, 1.807) is 0 Å². The van der Waals surface area contributed by atoms with Gasteiger partial charge in [-0.25, -0.2) is 4.57 Å². The molecule has 0 aromatic heterocycles. The lowest BCUT2D eigenvalue weighted by Crippen LogP contribution is -2.29. The molecule has 0 aliphatic rings. The van der Waals surface area contributed by atoms with E-state index in [4.69, 9.17) is 19.3 Å². The summed E-state index contributed by atoms with van der Waals surface area (Å²) >= 11 is 0. The molecule has 0 fully saturated rings. The number of ether oxygens (including phenoxy) is 2. The first kappa shape index (κ1) is 44.5. The lowest BCUT2D eigenvalue weighted by atomic mass is 10.1. The first-order chi connectivity index (χ1) is 22.3. The van der Waals surface area contributed by atoms with Gasteiger partial charge >= 0.3 is 19.8 Å². The SMILES string of the molecule is CCCCC/C=C/C/C=C/CCCCCCCCCCCC(=O)O[C@H](COC(=O)CCCCCCCCCCC)COP(=O)(O)O. The Morgan fingerprint density at radius 3 is 1.48 bits per heavy atom. The van der Waals surface area contributed by atoms with Crippen molar-refractivity contribution in [2.75, 3.05) is 13.2 Å². The lowest BCUT2D eigenvalue weighted by molar-refractivity contribution is -0.161. The van der Waals surface area contributed by atoms with Gasteiger partial charge in [-0.15, -0.1) is 0 Å². The summed E-state index contributed by atoms with van der Waals surface area (Å²) in [5.74, 6) is -0.889. The molecule has 9 heteroatoms. The van der Waals surface area contributed by atoms with E-state index in [0.717, 1.165) is 51.4 Å². The second kappa shape index (κ2) is 33.4. The van der Waals surface area contributed by atoms with Crippen molar-refractivity contribution in [3.05, 3.63) is 24.3 Å². The highest BCUT2D eigenvalue weighted by atomic mass is 31.2. The molecule has 0 rings (SSSR count). The quantitative estimate of drug-likeness (QED) is 0.0300. The molecule has 0 aromatic carbocycles. The maximum Gasteiger partial charge on any atom is 0.469 e. The molecule has 0 aromatic rings. The molecule has 0 unspecified atom stereocenters. The molecule has 0 aliphatic heterocycles. The zero-order valence-corrected chi connectivity index (χ0v) is 30.4. The van der Waals surface area contributed by atoms with Crippen molar-refractivity contribution < 1.29 is 37.9 Å². The van der Waals surface area contributed by atoms with E-state index in [9.17, 15) is 14.2 Å². The Bertz CT molecular complexity index is 807. The summed E-state index contributed by atoms with van der Waals surface area (Å²) in [4.78, 5) is 42.6. The molecule has 0 saturated heterocycles. The van der Waals surface area contributed by atoms with E-state index in [2.05, 4.69) is 42.7 Å². The van der Waals surface area contributed by atoms with Crippen LogP contribution in [0, 0.1) is 0 Å². The van der Waals surface area contributed by atoms with Crippen LogP contribution in [0.4, 0.5) is 0 Å². The summed E-state index contributed by atoms with van der Waals surface area (Å²) < 4.78 is 26.2. The van der Waals surface area contributed by atoms with E-state index < -0.39 is 32.5 Å². The molecule has 0 saturated carbocycles. The van der Waals surface area contributed by atoms with Crippen LogP contribution < -0.4 is 0 Å². The molecule has 0 radical (unpaired) electrons. The summed E-state index contributed by atoms with van der Waals surface area (Å²) in [5.41, 5.74) is 0. The lowest BCUT2D eigenvalue weighted by Gasteiger charge is -2.18. The first-order valence-corrected chi connectivity index (χ1v) is 20.2. The average molecular weight is 673 g/mol. The van der Waals surface area contributed by atoms with Crippen molar-refractivity contribution >= 4 is 19.8 Å².